The maximum Gasteiger partial charge on any atom is 0.345 e. The molecule has 1 amide bonds. The number of nitrogens with zero attached hydrogens (tertiary/aromatic N) is 2. The van der Waals surface area contributed by atoms with Gasteiger partial charge in [0.15, 0.2) is 11.5 Å². The summed E-state index contributed by atoms with van der Waals surface area (Å²) < 4.78 is 10.9. The van der Waals surface area contributed by atoms with Crippen LogP contribution in [0, 0.1) is 6.92 Å². The largest absolute Gasteiger partial charge is 0.493 e. The van der Waals surface area contributed by atoms with E-state index in [4.69, 9.17) is 9.47 Å². The fourth-order valence-electron chi connectivity index (χ4n) is 2.04. The standard InChI is InChI=1S/C17H20N4O4/c1-10(2)25-15-8-12(5-6-14(15)24-4)9-18-21-16(22)13-7-11(3)19-17(23)20-13/h5-10H,1-4H3,(H,21,22)(H,19,20,23)/b18-9+. The molecular weight excluding hydrogens is 324 g/mol. The lowest BCUT2D eigenvalue weighted by molar-refractivity contribution is 0.0949. The van der Waals surface area contributed by atoms with Crippen LogP contribution < -0.4 is 20.6 Å². The Labute approximate surface area is 144 Å². The molecule has 2 N–H and O–H groups in total. The highest BCUT2D eigenvalue weighted by Crippen LogP contribution is 2.28. The second kappa shape index (κ2) is 8.09. The fraction of sp³-hybridized carbons (Fsp3) is 0.294. The van der Waals surface area contributed by atoms with Crippen molar-refractivity contribution < 1.29 is 14.3 Å². The molecule has 2 rings (SSSR count). The molecule has 0 aliphatic heterocycles. The van der Waals surface area contributed by atoms with Crippen molar-refractivity contribution in [1.29, 1.82) is 0 Å². The average Bonchev–Trinajstić information content (AvgIpc) is 2.53. The quantitative estimate of drug-likeness (QED) is 0.612. The first kappa shape index (κ1) is 18.2. The molecule has 0 spiro atoms. The zero-order chi connectivity index (χ0) is 18.4. The number of ether oxygens (including phenoxy) is 2. The number of rotatable bonds is 6. The van der Waals surface area contributed by atoms with Gasteiger partial charge in [-0.2, -0.15) is 10.1 Å². The second-order valence-corrected chi connectivity index (χ2v) is 5.53. The monoisotopic (exact) mass is 344 g/mol. The molecule has 0 saturated carbocycles. The molecular formula is C17H20N4O4. The maximum atomic E-state index is 12.0. The van der Waals surface area contributed by atoms with Crippen molar-refractivity contribution in [3.63, 3.8) is 0 Å². The van der Waals surface area contributed by atoms with Crippen LogP contribution in [0.3, 0.4) is 0 Å². The molecule has 0 radical (unpaired) electrons. The maximum absolute atomic E-state index is 12.0. The van der Waals surface area contributed by atoms with Gasteiger partial charge < -0.3 is 14.5 Å². The van der Waals surface area contributed by atoms with Crippen molar-refractivity contribution in [3.05, 3.63) is 51.7 Å². The van der Waals surface area contributed by atoms with Gasteiger partial charge in [0.2, 0.25) is 0 Å². The molecule has 25 heavy (non-hydrogen) atoms. The topological polar surface area (TPSA) is 106 Å². The lowest BCUT2D eigenvalue weighted by atomic mass is 10.2. The van der Waals surface area contributed by atoms with Crippen LogP contribution in [0.2, 0.25) is 0 Å². The van der Waals surface area contributed by atoms with Crippen LogP contribution in [-0.4, -0.2) is 35.3 Å². The number of nitrogens with one attached hydrogen (secondary N) is 2. The van der Waals surface area contributed by atoms with Gasteiger partial charge in [-0.25, -0.2) is 10.2 Å². The fourth-order valence-corrected chi connectivity index (χ4v) is 2.04. The van der Waals surface area contributed by atoms with E-state index in [0.717, 1.165) is 0 Å². The molecule has 1 aromatic carbocycles. The Bertz CT molecular complexity index is 843. The first-order chi connectivity index (χ1) is 11.9. The van der Waals surface area contributed by atoms with Crippen molar-refractivity contribution >= 4 is 12.1 Å². The van der Waals surface area contributed by atoms with Crippen molar-refractivity contribution in [2.45, 2.75) is 26.9 Å². The molecule has 0 bridgehead atoms. The molecule has 0 aliphatic rings. The highest BCUT2D eigenvalue weighted by molar-refractivity contribution is 5.93. The average molecular weight is 344 g/mol. The summed E-state index contributed by atoms with van der Waals surface area (Å²) in [6.07, 6.45) is 1.45. The number of hydrazone groups is 1. The summed E-state index contributed by atoms with van der Waals surface area (Å²) in [5, 5.41) is 3.88. The van der Waals surface area contributed by atoms with Crippen molar-refractivity contribution in [2.24, 2.45) is 5.10 Å². The number of H-pyrrole nitrogens is 1. The summed E-state index contributed by atoms with van der Waals surface area (Å²) in [6, 6.07) is 6.75. The molecule has 0 fully saturated rings. The number of methoxy groups -OCH3 is 1. The van der Waals surface area contributed by atoms with Crippen molar-refractivity contribution in [1.82, 2.24) is 15.4 Å². The minimum absolute atomic E-state index is 0.00281. The number of aromatic amines is 1. The van der Waals surface area contributed by atoms with Crippen LogP contribution in [0.4, 0.5) is 0 Å². The Hall–Kier alpha value is -3.16. The van der Waals surface area contributed by atoms with Crippen LogP contribution in [0.5, 0.6) is 11.5 Å². The SMILES string of the molecule is COc1ccc(/C=N/NC(=O)c2cc(C)[nH]c(=O)n2)cc1OC(C)C. The third kappa shape index (κ3) is 5.17. The lowest BCUT2D eigenvalue weighted by Gasteiger charge is -2.13. The third-order valence-corrected chi connectivity index (χ3v) is 3.04. The Morgan fingerprint density at radius 2 is 2.08 bits per heavy atom. The summed E-state index contributed by atoms with van der Waals surface area (Å²) in [4.78, 5) is 29.3. The number of hydrogen-bond acceptors (Lipinski definition) is 6. The van der Waals surface area contributed by atoms with E-state index in [2.05, 4.69) is 20.5 Å². The smallest absolute Gasteiger partial charge is 0.345 e. The third-order valence-electron chi connectivity index (χ3n) is 3.04. The van der Waals surface area contributed by atoms with Gasteiger partial charge in [0, 0.05) is 5.69 Å². The summed E-state index contributed by atoms with van der Waals surface area (Å²) in [5.74, 6) is 0.621. The Balaban J connectivity index is 2.11. The molecule has 1 aromatic heterocycles. The van der Waals surface area contributed by atoms with Crippen LogP contribution in [0.1, 0.15) is 35.6 Å². The molecule has 0 atom stereocenters. The molecule has 8 nitrogen and oxygen atoms in total. The van der Waals surface area contributed by atoms with E-state index in [1.165, 1.54) is 12.3 Å². The van der Waals surface area contributed by atoms with Gasteiger partial charge in [-0.1, -0.05) is 0 Å². The normalized spacial score (nSPS) is 10.9. The summed E-state index contributed by atoms with van der Waals surface area (Å²) in [7, 11) is 1.56. The summed E-state index contributed by atoms with van der Waals surface area (Å²) in [5.41, 5.74) is 3.00. The van der Waals surface area contributed by atoms with Gasteiger partial charge in [0.25, 0.3) is 5.91 Å². The van der Waals surface area contributed by atoms with Gasteiger partial charge >= 0.3 is 5.69 Å². The minimum atomic E-state index is -0.584. The van der Waals surface area contributed by atoms with Gasteiger partial charge in [0.05, 0.1) is 19.4 Å². The van der Waals surface area contributed by atoms with Crippen LogP contribution in [0.25, 0.3) is 0 Å². The van der Waals surface area contributed by atoms with E-state index in [-0.39, 0.29) is 11.8 Å². The molecule has 0 saturated heterocycles. The Morgan fingerprint density at radius 1 is 1.32 bits per heavy atom. The van der Waals surface area contributed by atoms with Crippen LogP contribution in [-0.2, 0) is 0 Å². The van der Waals surface area contributed by atoms with E-state index in [0.29, 0.717) is 22.8 Å². The number of amides is 1. The van der Waals surface area contributed by atoms with Crippen molar-refractivity contribution in [2.75, 3.05) is 7.11 Å². The highest BCUT2D eigenvalue weighted by atomic mass is 16.5. The predicted octanol–water partition coefficient (Wildman–Crippen LogP) is 1.64. The van der Waals surface area contributed by atoms with E-state index in [1.54, 1.807) is 32.2 Å². The Kier molecular flexibility index (Phi) is 5.89. The zero-order valence-electron chi connectivity index (χ0n) is 14.5. The van der Waals surface area contributed by atoms with Gasteiger partial charge in [-0.05, 0) is 50.6 Å². The number of carbonyl (C=O) groups is 1. The van der Waals surface area contributed by atoms with E-state index >= 15 is 0 Å². The molecule has 1 heterocycles. The number of aryl methyl sites for hydroxylation is 1. The predicted molar refractivity (Wildman–Crippen MR) is 93.4 cm³/mol. The van der Waals surface area contributed by atoms with Crippen LogP contribution >= 0.6 is 0 Å². The van der Waals surface area contributed by atoms with Gasteiger partial charge in [-0.3, -0.25) is 4.79 Å². The van der Waals surface area contributed by atoms with E-state index < -0.39 is 11.6 Å². The number of aromatic nitrogens is 2. The number of carbonyl (C=O) groups excluding carboxylic acids is 1. The Morgan fingerprint density at radius 3 is 2.72 bits per heavy atom. The summed E-state index contributed by atoms with van der Waals surface area (Å²) >= 11 is 0. The molecule has 2 aromatic rings. The minimum Gasteiger partial charge on any atom is -0.493 e. The molecule has 0 aliphatic carbocycles. The van der Waals surface area contributed by atoms with E-state index in [9.17, 15) is 9.59 Å². The highest BCUT2D eigenvalue weighted by Gasteiger charge is 2.09. The first-order valence-corrected chi connectivity index (χ1v) is 7.65. The number of hydrogen-bond donors (Lipinski definition) is 2. The lowest BCUT2D eigenvalue weighted by Crippen LogP contribution is -2.24. The van der Waals surface area contributed by atoms with Gasteiger partial charge in [0.1, 0.15) is 5.69 Å². The first-order valence-electron chi connectivity index (χ1n) is 7.65. The zero-order valence-corrected chi connectivity index (χ0v) is 14.5. The van der Waals surface area contributed by atoms with E-state index in [1.807, 2.05) is 13.8 Å². The van der Waals surface area contributed by atoms with Crippen molar-refractivity contribution in [3.8, 4) is 11.5 Å². The second-order valence-electron chi connectivity index (χ2n) is 5.53. The summed E-state index contributed by atoms with van der Waals surface area (Å²) in [6.45, 7) is 5.49. The molecule has 0 unspecified atom stereocenters. The van der Waals surface area contributed by atoms with Crippen LogP contribution in [0.15, 0.2) is 34.2 Å². The van der Waals surface area contributed by atoms with Gasteiger partial charge in [-0.15, -0.1) is 0 Å². The number of benzene rings is 1. The molecule has 132 valence electrons. The molecule has 8 heteroatoms.